The van der Waals surface area contributed by atoms with Crippen molar-refractivity contribution in [3.05, 3.63) is 100 Å². The maximum absolute atomic E-state index is 14.8. The molecule has 0 fully saturated rings. The summed E-state index contributed by atoms with van der Waals surface area (Å²) in [6, 6.07) is 19.6. The summed E-state index contributed by atoms with van der Waals surface area (Å²) in [4.78, 5) is 51.9. The van der Waals surface area contributed by atoms with E-state index < -0.39 is 72.4 Å². The largest absolute Gasteiger partial charge is 0.485 e. The molecule has 0 heterocycles. The fraction of sp³-hybridized carbons (Fsp3) is 0.333. The van der Waals surface area contributed by atoms with Gasteiger partial charge in [-0.15, -0.1) is 0 Å². The Morgan fingerprint density at radius 1 is 0.787 bits per heavy atom. The molecule has 0 bridgehead atoms. The minimum absolute atomic E-state index is 0.205. The molecule has 0 aromatic heterocycles. The number of alkyl halides is 5. The van der Waals surface area contributed by atoms with E-state index in [9.17, 15) is 41.1 Å². The maximum atomic E-state index is 14.8. The van der Waals surface area contributed by atoms with Crippen molar-refractivity contribution in [2.45, 2.75) is 50.9 Å². The number of hydrogen-bond donors (Lipinski definition) is 2. The lowest BCUT2D eigenvalue weighted by Gasteiger charge is -2.26. The van der Waals surface area contributed by atoms with Crippen LogP contribution in [0.4, 0.5) is 22.0 Å². The number of amides is 2. The van der Waals surface area contributed by atoms with E-state index in [1.54, 1.807) is 54.6 Å². The molecule has 47 heavy (non-hydrogen) atoms. The normalized spacial score (nSPS) is 13.7. The predicted molar refractivity (Wildman–Crippen MR) is 165 cm³/mol. The molecule has 2 amide bonds. The number of benzene rings is 3. The third-order valence-electron chi connectivity index (χ3n) is 7.07. The van der Waals surface area contributed by atoms with Crippen molar-refractivity contribution in [3.8, 4) is 5.75 Å². The Morgan fingerprint density at radius 3 is 1.94 bits per heavy atom. The first-order chi connectivity index (χ1) is 22.0. The molecule has 2 N–H and O–H groups in total. The molecule has 14 heteroatoms. The number of halogens is 7. The van der Waals surface area contributed by atoms with Gasteiger partial charge in [-0.05, 0) is 41.3 Å². The molecule has 7 nitrogen and oxygen atoms in total. The second-order valence-electron chi connectivity index (χ2n) is 11.0. The van der Waals surface area contributed by atoms with Gasteiger partial charge < -0.3 is 15.4 Å². The van der Waals surface area contributed by atoms with Gasteiger partial charge in [0.05, 0.1) is 16.5 Å². The van der Waals surface area contributed by atoms with Crippen LogP contribution in [0.25, 0.3) is 0 Å². The maximum Gasteiger partial charge on any atom is 0.405 e. The van der Waals surface area contributed by atoms with Crippen LogP contribution in [0.1, 0.15) is 50.0 Å². The number of Topliss-reactive ketones (excluding diaryl/α,β-unsaturated/α-hetero) is 2. The molecule has 1 unspecified atom stereocenters. The highest BCUT2D eigenvalue weighted by Crippen LogP contribution is 2.32. The molecule has 0 saturated carbocycles. The fourth-order valence-electron chi connectivity index (χ4n) is 4.59. The number of ether oxygens (including phenoxy) is 1. The molecular formula is C33H31Cl2F5N2O5. The van der Waals surface area contributed by atoms with Crippen molar-refractivity contribution in [2.75, 3.05) is 6.54 Å². The van der Waals surface area contributed by atoms with Gasteiger partial charge in [-0.3, -0.25) is 19.2 Å². The quantitative estimate of drug-likeness (QED) is 0.127. The van der Waals surface area contributed by atoms with E-state index >= 15 is 0 Å². The number of rotatable bonds is 15. The molecule has 3 aromatic rings. The van der Waals surface area contributed by atoms with Gasteiger partial charge >= 0.3 is 12.1 Å². The highest BCUT2D eigenvalue weighted by molar-refractivity contribution is 6.42. The molecule has 0 aliphatic carbocycles. The van der Waals surface area contributed by atoms with Gasteiger partial charge in [0.15, 0.2) is 5.78 Å². The molecule has 0 aliphatic heterocycles. The summed E-state index contributed by atoms with van der Waals surface area (Å²) >= 11 is 12.3. The van der Waals surface area contributed by atoms with Crippen LogP contribution >= 0.6 is 23.2 Å². The summed E-state index contributed by atoms with van der Waals surface area (Å²) in [5.74, 6) is -13.1. The summed E-state index contributed by atoms with van der Waals surface area (Å²) in [7, 11) is 0. The van der Waals surface area contributed by atoms with Crippen LogP contribution in [0.15, 0.2) is 78.9 Å². The first-order valence-corrected chi connectivity index (χ1v) is 15.1. The first-order valence-electron chi connectivity index (χ1n) is 14.3. The minimum atomic E-state index is -4.99. The van der Waals surface area contributed by atoms with Crippen LogP contribution in [-0.2, 0) is 19.2 Å². The summed E-state index contributed by atoms with van der Waals surface area (Å²) in [5.41, 5.74) is 0.753. The lowest BCUT2D eigenvalue weighted by molar-refractivity contribution is -0.167. The Hall–Kier alpha value is -4.03. The first kappa shape index (κ1) is 37.4. The van der Waals surface area contributed by atoms with Crippen LogP contribution in [0.3, 0.4) is 0 Å². The van der Waals surface area contributed by atoms with Crippen molar-refractivity contribution < 1.29 is 45.9 Å². The zero-order chi connectivity index (χ0) is 34.9. The zero-order valence-corrected chi connectivity index (χ0v) is 26.6. The van der Waals surface area contributed by atoms with Crippen LogP contribution in [0, 0.1) is 11.8 Å². The van der Waals surface area contributed by atoms with Crippen LogP contribution in [0.5, 0.6) is 5.75 Å². The second kappa shape index (κ2) is 16.2. The number of ketones is 2. The van der Waals surface area contributed by atoms with E-state index in [-0.39, 0.29) is 22.0 Å². The molecule has 252 valence electrons. The minimum Gasteiger partial charge on any atom is -0.485 e. The molecule has 3 rings (SSSR count). The van der Waals surface area contributed by atoms with Gasteiger partial charge in [-0.25, -0.2) is 0 Å². The van der Waals surface area contributed by atoms with Gasteiger partial charge in [0.1, 0.15) is 24.4 Å². The smallest absolute Gasteiger partial charge is 0.405 e. The summed E-state index contributed by atoms with van der Waals surface area (Å²) < 4.78 is 73.1. The molecular weight excluding hydrogens is 670 g/mol. The fourth-order valence-corrected chi connectivity index (χ4v) is 4.90. The highest BCUT2D eigenvalue weighted by Gasteiger charge is 2.51. The molecule has 0 aliphatic rings. The van der Waals surface area contributed by atoms with Crippen molar-refractivity contribution in [1.29, 1.82) is 0 Å². The van der Waals surface area contributed by atoms with Gasteiger partial charge in [0.25, 0.3) is 5.91 Å². The highest BCUT2D eigenvalue weighted by atomic mass is 35.5. The van der Waals surface area contributed by atoms with E-state index in [2.05, 4.69) is 5.32 Å². The van der Waals surface area contributed by atoms with Crippen LogP contribution in [0.2, 0.25) is 10.0 Å². The third-order valence-corrected chi connectivity index (χ3v) is 7.81. The lowest BCUT2D eigenvalue weighted by Crippen LogP contribution is -2.51. The van der Waals surface area contributed by atoms with Gasteiger partial charge in [0.2, 0.25) is 11.7 Å². The number of para-hydroxylation sites is 1. The molecule has 3 aromatic carbocycles. The Kier molecular flexibility index (Phi) is 12.9. The molecule has 0 saturated heterocycles. The number of carbonyl (C=O) groups is 4. The second-order valence-corrected chi connectivity index (χ2v) is 11.8. The van der Waals surface area contributed by atoms with Crippen molar-refractivity contribution >= 4 is 46.6 Å². The van der Waals surface area contributed by atoms with Crippen molar-refractivity contribution in [2.24, 2.45) is 11.8 Å². The van der Waals surface area contributed by atoms with E-state index in [1.807, 2.05) is 0 Å². The van der Waals surface area contributed by atoms with E-state index in [0.717, 1.165) is 5.32 Å². The van der Waals surface area contributed by atoms with Crippen LogP contribution < -0.4 is 15.4 Å². The Balaban J connectivity index is 1.86. The standard InChI is InChI=1S/C33H31Cl2F5N2O5/c1-19(2)23(30(45)33(39,40)31(46)41-18-32(36,37)38)16-26(43)29(20-9-5-3-6-10-20)42-28(44)17-27(47-22-11-7-4-8-12-22)21-13-14-24(34)25(35)15-21/h3-15,19,23,27,29H,16-18H2,1-2H3,(H,41,46)(H,42,44)/t23-,27?,29-/m0/s1. The van der Waals surface area contributed by atoms with Gasteiger partial charge in [-0.2, -0.15) is 22.0 Å². The predicted octanol–water partition coefficient (Wildman–Crippen LogP) is 7.48. The molecule has 3 atom stereocenters. The molecule has 0 spiro atoms. The van der Waals surface area contributed by atoms with Gasteiger partial charge in [0, 0.05) is 12.3 Å². The molecule has 0 radical (unpaired) electrons. The van der Waals surface area contributed by atoms with Crippen LogP contribution in [-0.4, -0.2) is 42.0 Å². The average molecular weight is 702 g/mol. The number of nitrogens with one attached hydrogen (secondary N) is 2. The van der Waals surface area contributed by atoms with E-state index in [0.29, 0.717) is 11.3 Å². The third kappa shape index (κ3) is 10.8. The Labute approximate surface area is 277 Å². The Morgan fingerprint density at radius 2 is 1.38 bits per heavy atom. The monoisotopic (exact) mass is 700 g/mol. The van der Waals surface area contributed by atoms with Crippen molar-refractivity contribution in [3.63, 3.8) is 0 Å². The topological polar surface area (TPSA) is 102 Å². The van der Waals surface area contributed by atoms with E-state index in [1.165, 1.54) is 38.1 Å². The Bertz CT molecular complexity index is 1560. The van der Waals surface area contributed by atoms with E-state index in [4.69, 9.17) is 27.9 Å². The summed E-state index contributed by atoms with van der Waals surface area (Å²) in [6.07, 6.45) is -7.10. The SMILES string of the molecule is CC(C)[C@H](CC(=O)[C@@H](NC(=O)CC(Oc1ccccc1)c1ccc(Cl)c(Cl)c1)c1ccccc1)C(=O)C(F)(F)C(=O)NCC(F)(F)F. The van der Waals surface area contributed by atoms with Crippen molar-refractivity contribution in [1.82, 2.24) is 10.6 Å². The zero-order valence-electron chi connectivity index (χ0n) is 25.1. The summed E-state index contributed by atoms with van der Waals surface area (Å²) in [6.45, 7) is 0.621. The number of carbonyl (C=O) groups excluding carboxylic acids is 4. The lowest BCUT2D eigenvalue weighted by atomic mass is 9.82. The number of hydrogen-bond acceptors (Lipinski definition) is 5. The average Bonchev–Trinajstić information content (AvgIpc) is 3.02. The summed E-state index contributed by atoms with van der Waals surface area (Å²) in [5, 5.41) is 4.09. The van der Waals surface area contributed by atoms with Gasteiger partial charge in [-0.1, -0.05) is 91.6 Å².